The van der Waals surface area contributed by atoms with Crippen molar-refractivity contribution in [2.45, 2.75) is 57.8 Å². The summed E-state index contributed by atoms with van der Waals surface area (Å²) in [6.07, 6.45) is 5.04. The molecule has 0 unspecified atom stereocenters. The minimum atomic E-state index is -4.18. The maximum Gasteiger partial charge on any atom is 0.294 e. The normalized spacial score (nSPS) is 12.2. The van der Waals surface area contributed by atoms with E-state index >= 15 is 0 Å². The zero-order valence-corrected chi connectivity index (χ0v) is 15.0. The molecule has 0 atom stereocenters. The number of benzene rings is 2. The van der Waals surface area contributed by atoms with Crippen molar-refractivity contribution < 1.29 is 13.0 Å². The predicted molar refractivity (Wildman–Crippen MR) is 95.5 cm³/mol. The van der Waals surface area contributed by atoms with Crippen molar-refractivity contribution in [3.63, 3.8) is 0 Å². The summed E-state index contributed by atoms with van der Waals surface area (Å²) in [6.45, 7) is 6.47. The van der Waals surface area contributed by atoms with Crippen LogP contribution in [-0.2, 0) is 23.0 Å². The Morgan fingerprint density at radius 1 is 1.09 bits per heavy atom. The lowest BCUT2D eigenvalue weighted by molar-refractivity contribution is 0.483. The van der Waals surface area contributed by atoms with Gasteiger partial charge in [-0.25, -0.2) is 0 Å². The van der Waals surface area contributed by atoms with Crippen molar-refractivity contribution in [2.75, 3.05) is 0 Å². The van der Waals surface area contributed by atoms with Crippen LogP contribution in [0.5, 0.6) is 0 Å². The van der Waals surface area contributed by atoms with Crippen LogP contribution < -0.4 is 0 Å². The quantitative estimate of drug-likeness (QED) is 0.571. The molecule has 2 aromatic rings. The topological polar surface area (TPSA) is 54.4 Å². The molecule has 0 aromatic heterocycles. The molecule has 2 rings (SSSR count). The van der Waals surface area contributed by atoms with Crippen molar-refractivity contribution in [3.05, 3.63) is 41.5 Å². The molecular formula is C19H26O3S. The van der Waals surface area contributed by atoms with Crippen LogP contribution in [0.2, 0.25) is 0 Å². The molecular weight excluding hydrogens is 308 g/mol. The minimum Gasteiger partial charge on any atom is -0.282 e. The molecule has 0 amide bonds. The van der Waals surface area contributed by atoms with Crippen LogP contribution in [0.4, 0.5) is 0 Å². The monoisotopic (exact) mass is 334 g/mol. The Labute approximate surface area is 139 Å². The third kappa shape index (κ3) is 4.79. The van der Waals surface area contributed by atoms with E-state index in [1.807, 2.05) is 6.07 Å². The molecule has 0 saturated heterocycles. The maximum atomic E-state index is 11.6. The zero-order chi connectivity index (χ0) is 17.0. The van der Waals surface area contributed by atoms with Crippen LogP contribution >= 0.6 is 0 Å². The average molecular weight is 334 g/mol. The molecule has 1 N–H and O–H groups in total. The van der Waals surface area contributed by atoms with E-state index in [1.165, 1.54) is 5.56 Å². The molecule has 126 valence electrons. The van der Waals surface area contributed by atoms with Crippen LogP contribution in [0.1, 0.15) is 51.2 Å². The molecule has 0 saturated carbocycles. The van der Waals surface area contributed by atoms with Crippen molar-refractivity contribution in [2.24, 2.45) is 5.92 Å². The first kappa shape index (κ1) is 18.0. The van der Waals surface area contributed by atoms with Gasteiger partial charge in [0.15, 0.2) is 0 Å². The van der Waals surface area contributed by atoms with E-state index < -0.39 is 10.1 Å². The molecule has 0 heterocycles. The number of rotatable bonds is 7. The highest BCUT2D eigenvalue weighted by Crippen LogP contribution is 2.27. The van der Waals surface area contributed by atoms with Gasteiger partial charge in [0.25, 0.3) is 10.1 Å². The first-order valence-corrected chi connectivity index (χ1v) is 9.78. The minimum absolute atomic E-state index is 0.00167. The highest BCUT2D eigenvalue weighted by atomic mass is 32.2. The van der Waals surface area contributed by atoms with E-state index in [0.29, 0.717) is 5.92 Å². The van der Waals surface area contributed by atoms with Crippen LogP contribution in [0, 0.1) is 5.92 Å². The fourth-order valence-corrected chi connectivity index (χ4v) is 3.56. The van der Waals surface area contributed by atoms with Gasteiger partial charge < -0.3 is 0 Å². The third-order valence-electron chi connectivity index (χ3n) is 4.07. The molecule has 0 aliphatic heterocycles. The number of fused-ring (bicyclic) bond motifs is 1. The number of hydrogen-bond donors (Lipinski definition) is 1. The van der Waals surface area contributed by atoms with Crippen molar-refractivity contribution in [1.82, 2.24) is 0 Å². The fraction of sp³-hybridized carbons (Fsp3) is 0.474. The van der Waals surface area contributed by atoms with Crippen LogP contribution in [0.15, 0.2) is 35.2 Å². The van der Waals surface area contributed by atoms with Gasteiger partial charge in [0, 0.05) is 0 Å². The molecule has 0 fully saturated rings. The second kappa shape index (κ2) is 7.45. The lowest BCUT2D eigenvalue weighted by atomic mass is 9.95. The molecule has 0 radical (unpaired) electrons. The van der Waals surface area contributed by atoms with Gasteiger partial charge in [-0.15, -0.1) is 0 Å². The Morgan fingerprint density at radius 3 is 2.43 bits per heavy atom. The molecule has 2 aromatic carbocycles. The lowest BCUT2D eigenvalue weighted by Gasteiger charge is -2.12. The summed E-state index contributed by atoms with van der Waals surface area (Å²) in [7, 11) is -4.18. The van der Waals surface area contributed by atoms with Gasteiger partial charge in [0.05, 0.1) is 4.90 Å². The second-order valence-corrected chi connectivity index (χ2v) is 8.09. The summed E-state index contributed by atoms with van der Waals surface area (Å²) in [5.41, 5.74) is 2.19. The molecule has 0 aliphatic carbocycles. The van der Waals surface area contributed by atoms with Gasteiger partial charge in [-0.05, 0) is 59.2 Å². The maximum absolute atomic E-state index is 11.6. The Kier molecular flexibility index (Phi) is 5.82. The predicted octanol–water partition coefficient (Wildman–Crippen LogP) is 5.02. The van der Waals surface area contributed by atoms with E-state index in [0.717, 1.165) is 48.4 Å². The van der Waals surface area contributed by atoms with E-state index in [1.54, 1.807) is 12.1 Å². The fourth-order valence-electron chi connectivity index (χ4n) is 2.99. The standard InChI is InChI=1S/C19H26O3S/c1-4-5-6-7-16-12-18(23(20,21)22)13-17-11-15(10-14(2)3)8-9-19(16)17/h8-9,11-14H,4-7,10H2,1-3H3,(H,20,21,22). The third-order valence-corrected chi connectivity index (χ3v) is 4.90. The second-order valence-electron chi connectivity index (χ2n) is 6.67. The van der Waals surface area contributed by atoms with Gasteiger partial charge in [-0.1, -0.05) is 51.8 Å². The summed E-state index contributed by atoms with van der Waals surface area (Å²) in [5.74, 6) is 0.543. The van der Waals surface area contributed by atoms with Gasteiger partial charge in [-0.2, -0.15) is 8.42 Å². The molecule has 4 heteroatoms. The van der Waals surface area contributed by atoms with E-state index in [4.69, 9.17) is 0 Å². The number of unbranched alkanes of at least 4 members (excludes halogenated alkanes) is 2. The summed E-state index contributed by atoms with van der Waals surface area (Å²) in [5, 5.41) is 1.98. The van der Waals surface area contributed by atoms with Crippen LogP contribution in [0.3, 0.4) is 0 Å². The highest BCUT2D eigenvalue weighted by Gasteiger charge is 2.14. The zero-order valence-electron chi connectivity index (χ0n) is 14.2. The van der Waals surface area contributed by atoms with Crippen molar-refractivity contribution >= 4 is 20.9 Å². The van der Waals surface area contributed by atoms with Gasteiger partial charge in [0.1, 0.15) is 0 Å². The SMILES string of the molecule is CCCCCc1cc(S(=O)(=O)O)cc2cc(CC(C)C)ccc12. The first-order valence-electron chi connectivity index (χ1n) is 8.34. The average Bonchev–Trinajstić information content (AvgIpc) is 2.45. The summed E-state index contributed by atoms with van der Waals surface area (Å²) >= 11 is 0. The highest BCUT2D eigenvalue weighted by molar-refractivity contribution is 7.85. The van der Waals surface area contributed by atoms with Gasteiger partial charge in [0.2, 0.25) is 0 Å². The largest absolute Gasteiger partial charge is 0.294 e. The van der Waals surface area contributed by atoms with Crippen molar-refractivity contribution in [3.8, 4) is 0 Å². The smallest absolute Gasteiger partial charge is 0.282 e. The summed E-state index contributed by atoms with van der Waals surface area (Å²) < 4.78 is 32.6. The van der Waals surface area contributed by atoms with E-state index in [-0.39, 0.29) is 4.90 Å². The van der Waals surface area contributed by atoms with Gasteiger partial charge in [-0.3, -0.25) is 4.55 Å². The van der Waals surface area contributed by atoms with Crippen molar-refractivity contribution in [1.29, 1.82) is 0 Å². The number of aryl methyl sites for hydroxylation is 1. The Balaban J connectivity index is 2.53. The van der Waals surface area contributed by atoms with Gasteiger partial charge >= 0.3 is 0 Å². The molecule has 23 heavy (non-hydrogen) atoms. The summed E-state index contributed by atoms with van der Waals surface area (Å²) in [6, 6.07) is 9.46. The summed E-state index contributed by atoms with van der Waals surface area (Å²) in [4.78, 5) is -0.00167. The molecule has 0 spiro atoms. The molecule has 0 aliphatic rings. The van der Waals surface area contributed by atoms with E-state index in [9.17, 15) is 13.0 Å². The van der Waals surface area contributed by atoms with E-state index in [2.05, 4.69) is 32.9 Å². The Bertz CT molecular complexity index is 777. The first-order chi connectivity index (χ1) is 10.8. The Hall–Kier alpha value is -1.39. The van der Waals surface area contributed by atoms with Crippen LogP contribution in [0.25, 0.3) is 10.8 Å². The molecule has 0 bridgehead atoms. The molecule has 3 nitrogen and oxygen atoms in total. The van der Waals surface area contributed by atoms with Crippen LogP contribution in [-0.4, -0.2) is 13.0 Å². The Morgan fingerprint density at radius 2 is 1.83 bits per heavy atom. The lowest BCUT2D eigenvalue weighted by Crippen LogP contribution is -2.01. The number of hydrogen-bond acceptors (Lipinski definition) is 2.